The molecule has 15 heavy (non-hydrogen) atoms. The molecule has 1 rings (SSSR count). The predicted octanol–water partition coefficient (Wildman–Crippen LogP) is 0.518. The Balaban J connectivity index is 3.27. The zero-order valence-corrected chi connectivity index (χ0v) is 8.17. The Bertz CT molecular complexity index is 461. The van der Waals surface area contributed by atoms with Crippen molar-refractivity contribution in [3.8, 4) is 5.75 Å². The lowest BCUT2D eigenvalue weighted by atomic mass is 10.3. The predicted molar refractivity (Wildman–Crippen MR) is 48.9 cm³/mol. The van der Waals surface area contributed by atoms with E-state index in [0.29, 0.717) is 0 Å². The lowest BCUT2D eigenvalue weighted by Crippen LogP contribution is -2.15. The number of rotatable bonds is 3. The van der Waals surface area contributed by atoms with Crippen LogP contribution in [0.3, 0.4) is 0 Å². The molecule has 0 atom stereocenters. The first-order valence-electron chi connectivity index (χ1n) is 3.68. The molecule has 5 nitrogen and oxygen atoms in total. The zero-order valence-electron chi connectivity index (χ0n) is 7.35. The maximum Gasteiger partial charge on any atom is 0.387 e. The molecule has 84 valence electrons. The third kappa shape index (κ3) is 3.03. The molecule has 0 heterocycles. The summed E-state index contributed by atoms with van der Waals surface area (Å²) in [6.45, 7) is -3.15. The summed E-state index contributed by atoms with van der Waals surface area (Å²) in [4.78, 5) is -0.531. The molecule has 0 spiro atoms. The van der Waals surface area contributed by atoms with Gasteiger partial charge in [-0.05, 0) is 12.1 Å². The van der Waals surface area contributed by atoms with Gasteiger partial charge in [0, 0.05) is 11.8 Å². The summed E-state index contributed by atoms with van der Waals surface area (Å²) in [6, 6.07) is 3.19. The minimum atomic E-state index is -4.11. The molecule has 1 aromatic carbocycles. The fraction of sp³-hybridized carbons (Fsp3) is 0.143. The average Bonchev–Trinajstić information content (AvgIpc) is 1.99. The average molecular weight is 238 g/mol. The summed E-state index contributed by atoms with van der Waals surface area (Å²) >= 11 is 0. The van der Waals surface area contributed by atoms with Crippen LogP contribution < -0.4 is 15.6 Å². The number of sulfonamides is 1. The summed E-state index contributed by atoms with van der Waals surface area (Å²) in [6.07, 6.45) is 0. The Hall–Kier alpha value is -1.41. The van der Waals surface area contributed by atoms with Crippen LogP contribution >= 0.6 is 0 Å². The quantitative estimate of drug-likeness (QED) is 0.750. The first-order valence-corrected chi connectivity index (χ1v) is 5.22. The molecule has 1 aromatic rings. The maximum absolute atomic E-state index is 11.9. The minimum Gasteiger partial charge on any atom is -0.433 e. The van der Waals surface area contributed by atoms with Gasteiger partial charge < -0.3 is 10.5 Å². The van der Waals surface area contributed by atoms with Crippen LogP contribution in [0, 0.1) is 0 Å². The van der Waals surface area contributed by atoms with Gasteiger partial charge in [0.05, 0.1) is 0 Å². The van der Waals surface area contributed by atoms with E-state index in [9.17, 15) is 17.2 Å². The van der Waals surface area contributed by atoms with Crippen molar-refractivity contribution in [2.45, 2.75) is 11.5 Å². The topological polar surface area (TPSA) is 95.4 Å². The fourth-order valence-electron chi connectivity index (χ4n) is 0.948. The van der Waals surface area contributed by atoms with Gasteiger partial charge in [-0.2, -0.15) is 8.78 Å². The minimum absolute atomic E-state index is 0.0954. The molecule has 0 aliphatic carbocycles. The van der Waals surface area contributed by atoms with Gasteiger partial charge >= 0.3 is 6.61 Å². The highest BCUT2D eigenvalue weighted by molar-refractivity contribution is 7.89. The summed E-state index contributed by atoms with van der Waals surface area (Å²) in [5.74, 6) is -0.562. The first kappa shape index (κ1) is 11.7. The Morgan fingerprint density at radius 3 is 2.40 bits per heavy atom. The zero-order chi connectivity index (χ0) is 11.6. The summed E-state index contributed by atoms with van der Waals surface area (Å²) in [5.41, 5.74) is 5.38. The molecule has 0 saturated heterocycles. The third-order valence-corrected chi connectivity index (χ3v) is 2.44. The molecular weight excluding hydrogens is 230 g/mol. The van der Waals surface area contributed by atoms with E-state index in [4.69, 9.17) is 10.9 Å². The van der Waals surface area contributed by atoms with Crippen molar-refractivity contribution in [1.29, 1.82) is 0 Å². The fourth-order valence-corrected chi connectivity index (χ4v) is 1.59. The van der Waals surface area contributed by atoms with Crippen LogP contribution in [0.25, 0.3) is 0 Å². The third-order valence-electron chi connectivity index (χ3n) is 1.49. The number of nitrogen functional groups attached to an aromatic ring is 1. The normalized spacial score (nSPS) is 11.7. The molecule has 0 aliphatic rings. The van der Waals surface area contributed by atoms with Crippen LogP contribution in [0.5, 0.6) is 5.75 Å². The van der Waals surface area contributed by atoms with E-state index in [1.807, 2.05) is 0 Å². The van der Waals surface area contributed by atoms with Crippen molar-refractivity contribution >= 4 is 15.7 Å². The van der Waals surface area contributed by atoms with Gasteiger partial charge in [0.1, 0.15) is 10.6 Å². The highest BCUT2D eigenvalue weighted by Crippen LogP contribution is 2.26. The SMILES string of the molecule is Nc1ccc(S(N)(=O)=O)c(OC(F)F)c1. The lowest BCUT2D eigenvalue weighted by molar-refractivity contribution is -0.0516. The lowest BCUT2D eigenvalue weighted by Gasteiger charge is -2.09. The van der Waals surface area contributed by atoms with E-state index in [0.717, 1.165) is 12.1 Å². The van der Waals surface area contributed by atoms with Gasteiger partial charge in [-0.1, -0.05) is 0 Å². The van der Waals surface area contributed by atoms with Gasteiger partial charge in [0.15, 0.2) is 0 Å². The van der Waals surface area contributed by atoms with Gasteiger partial charge in [-0.3, -0.25) is 0 Å². The second-order valence-electron chi connectivity index (χ2n) is 2.63. The highest BCUT2D eigenvalue weighted by atomic mass is 32.2. The summed E-state index contributed by atoms with van der Waals surface area (Å²) in [7, 11) is -4.11. The van der Waals surface area contributed by atoms with E-state index < -0.39 is 27.3 Å². The van der Waals surface area contributed by atoms with Crippen LogP contribution in [0.15, 0.2) is 23.1 Å². The second-order valence-corrected chi connectivity index (χ2v) is 4.16. The Labute approximate surface area is 84.7 Å². The molecule has 0 unspecified atom stereocenters. The molecule has 0 saturated carbocycles. The molecule has 0 amide bonds. The first-order chi connectivity index (χ1) is 6.80. The Kier molecular flexibility index (Phi) is 3.10. The van der Waals surface area contributed by atoms with E-state index in [1.165, 1.54) is 6.07 Å². The molecular formula is C7H8F2N2O3S. The number of ether oxygens (including phenoxy) is 1. The van der Waals surface area contributed by atoms with Gasteiger partial charge in [-0.15, -0.1) is 0 Å². The van der Waals surface area contributed by atoms with Crippen LogP contribution in [0.2, 0.25) is 0 Å². The standard InChI is InChI=1S/C7H8F2N2O3S/c8-7(9)14-5-3-4(10)1-2-6(5)15(11,12)13/h1-3,7H,10H2,(H2,11,12,13). The number of halogens is 2. The number of alkyl halides is 2. The van der Waals surface area contributed by atoms with Gasteiger partial charge in [0.2, 0.25) is 10.0 Å². The van der Waals surface area contributed by atoms with E-state index in [1.54, 1.807) is 0 Å². The van der Waals surface area contributed by atoms with Crippen LogP contribution in [0.4, 0.5) is 14.5 Å². The molecule has 0 bridgehead atoms. The Morgan fingerprint density at radius 2 is 1.93 bits per heavy atom. The number of primary sulfonamides is 1. The number of benzene rings is 1. The van der Waals surface area contributed by atoms with Gasteiger partial charge in [-0.25, -0.2) is 13.6 Å². The molecule has 0 radical (unpaired) electrons. The van der Waals surface area contributed by atoms with Crippen molar-refractivity contribution in [3.63, 3.8) is 0 Å². The molecule has 0 aliphatic heterocycles. The number of hydrogen-bond donors (Lipinski definition) is 2. The molecule has 4 N–H and O–H groups in total. The molecule has 0 aromatic heterocycles. The van der Waals surface area contributed by atoms with Crippen LogP contribution in [-0.4, -0.2) is 15.0 Å². The maximum atomic E-state index is 11.9. The van der Waals surface area contributed by atoms with Crippen molar-refractivity contribution in [2.24, 2.45) is 5.14 Å². The number of hydrogen-bond acceptors (Lipinski definition) is 4. The summed E-state index contributed by atoms with van der Waals surface area (Å²) < 4.78 is 49.7. The monoisotopic (exact) mass is 238 g/mol. The summed E-state index contributed by atoms with van der Waals surface area (Å²) in [5, 5.41) is 4.79. The molecule has 0 fully saturated rings. The van der Waals surface area contributed by atoms with E-state index in [-0.39, 0.29) is 5.69 Å². The van der Waals surface area contributed by atoms with Gasteiger partial charge in [0.25, 0.3) is 0 Å². The molecule has 8 heteroatoms. The Morgan fingerprint density at radius 1 is 1.33 bits per heavy atom. The highest BCUT2D eigenvalue weighted by Gasteiger charge is 2.18. The second kappa shape index (κ2) is 3.99. The van der Waals surface area contributed by atoms with E-state index in [2.05, 4.69) is 4.74 Å². The largest absolute Gasteiger partial charge is 0.433 e. The smallest absolute Gasteiger partial charge is 0.387 e. The van der Waals surface area contributed by atoms with Crippen molar-refractivity contribution in [3.05, 3.63) is 18.2 Å². The van der Waals surface area contributed by atoms with E-state index >= 15 is 0 Å². The van der Waals surface area contributed by atoms with Crippen molar-refractivity contribution < 1.29 is 21.9 Å². The van der Waals surface area contributed by atoms with Crippen molar-refractivity contribution in [2.75, 3.05) is 5.73 Å². The van der Waals surface area contributed by atoms with Crippen LogP contribution in [-0.2, 0) is 10.0 Å². The van der Waals surface area contributed by atoms with Crippen LogP contribution in [0.1, 0.15) is 0 Å². The van der Waals surface area contributed by atoms with Crippen molar-refractivity contribution in [1.82, 2.24) is 0 Å². The number of nitrogens with two attached hydrogens (primary N) is 2. The number of anilines is 1.